The van der Waals surface area contributed by atoms with E-state index >= 15 is 0 Å². The maximum Gasteiger partial charge on any atom is 0.406 e. The summed E-state index contributed by atoms with van der Waals surface area (Å²) in [5.74, 6) is -0.952. The van der Waals surface area contributed by atoms with Gasteiger partial charge in [-0.1, -0.05) is 30.3 Å². The highest BCUT2D eigenvalue weighted by Gasteiger charge is 2.39. The van der Waals surface area contributed by atoms with Crippen molar-refractivity contribution in [3.8, 4) is 0 Å². The van der Waals surface area contributed by atoms with Gasteiger partial charge in [0, 0.05) is 13.0 Å². The van der Waals surface area contributed by atoms with E-state index in [0.717, 1.165) is 16.9 Å². The van der Waals surface area contributed by atoms with E-state index in [1.807, 2.05) is 30.3 Å². The van der Waals surface area contributed by atoms with Gasteiger partial charge < -0.3 is 10.2 Å². The Labute approximate surface area is 132 Å². The molecule has 126 valence electrons. The van der Waals surface area contributed by atoms with Crippen LogP contribution in [0.25, 0.3) is 0 Å². The van der Waals surface area contributed by atoms with Crippen molar-refractivity contribution >= 4 is 11.8 Å². The van der Waals surface area contributed by atoms with Gasteiger partial charge in [0.2, 0.25) is 11.8 Å². The highest BCUT2D eigenvalue weighted by atomic mass is 19.4. The van der Waals surface area contributed by atoms with Gasteiger partial charge in [-0.05, 0) is 24.8 Å². The van der Waals surface area contributed by atoms with E-state index in [0.29, 0.717) is 6.42 Å². The summed E-state index contributed by atoms with van der Waals surface area (Å²) < 4.78 is 37.0. The largest absolute Gasteiger partial charge is 0.406 e. The molecule has 4 nitrogen and oxygen atoms in total. The minimum Gasteiger partial charge on any atom is -0.344 e. The van der Waals surface area contributed by atoms with E-state index in [4.69, 9.17) is 0 Å². The molecule has 0 saturated carbocycles. The number of hydrogen-bond acceptors (Lipinski definition) is 2. The Morgan fingerprint density at radius 3 is 2.61 bits per heavy atom. The van der Waals surface area contributed by atoms with Crippen LogP contribution in [0.4, 0.5) is 13.2 Å². The summed E-state index contributed by atoms with van der Waals surface area (Å²) in [6.07, 6.45) is -2.57. The zero-order valence-electron chi connectivity index (χ0n) is 12.6. The van der Waals surface area contributed by atoms with Gasteiger partial charge in [-0.15, -0.1) is 0 Å². The van der Waals surface area contributed by atoms with Crippen molar-refractivity contribution in [2.75, 3.05) is 13.1 Å². The molecule has 0 radical (unpaired) electrons. The predicted molar refractivity (Wildman–Crippen MR) is 78.6 cm³/mol. The van der Waals surface area contributed by atoms with Crippen molar-refractivity contribution in [3.05, 3.63) is 35.9 Å². The van der Waals surface area contributed by atoms with Crippen LogP contribution >= 0.6 is 0 Å². The van der Waals surface area contributed by atoms with E-state index < -0.39 is 24.7 Å². The molecule has 1 aliphatic rings. The molecule has 0 aromatic heterocycles. The van der Waals surface area contributed by atoms with Gasteiger partial charge in [0.15, 0.2) is 0 Å². The van der Waals surface area contributed by atoms with Crippen LogP contribution in [0, 0.1) is 0 Å². The Balaban J connectivity index is 1.72. The molecule has 1 aliphatic heterocycles. The van der Waals surface area contributed by atoms with Crippen LogP contribution in [0.3, 0.4) is 0 Å². The summed E-state index contributed by atoms with van der Waals surface area (Å²) in [5.41, 5.74) is 1.12. The Morgan fingerprint density at radius 2 is 1.96 bits per heavy atom. The molecule has 1 unspecified atom stereocenters. The van der Waals surface area contributed by atoms with E-state index in [1.54, 1.807) is 0 Å². The number of nitrogens with one attached hydrogen (secondary N) is 1. The highest BCUT2D eigenvalue weighted by molar-refractivity contribution is 5.89. The summed E-state index contributed by atoms with van der Waals surface area (Å²) >= 11 is 0. The van der Waals surface area contributed by atoms with Gasteiger partial charge >= 0.3 is 6.18 Å². The first-order valence-corrected chi connectivity index (χ1v) is 7.54. The molecule has 1 heterocycles. The first kappa shape index (κ1) is 17.3. The van der Waals surface area contributed by atoms with Crippen LogP contribution in [-0.4, -0.2) is 42.0 Å². The summed E-state index contributed by atoms with van der Waals surface area (Å²) in [4.78, 5) is 24.4. The summed E-state index contributed by atoms with van der Waals surface area (Å²) in [5, 5.41) is 2.53. The average Bonchev–Trinajstić information content (AvgIpc) is 2.80. The lowest BCUT2D eigenvalue weighted by molar-refractivity contribution is -0.158. The van der Waals surface area contributed by atoms with Gasteiger partial charge in [-0.2, -0.15) is 13.2 Å². The third kappa shape index (κ3) is 5.58. The summed E-state index contributed by atoms with van der Waals surface area (Å²) in [6, 6.07) is 8.85. The molecule has 1 saturated heterocycles. The summed E-state index contributed by atoms with van der Waals surface area (Å²) in [7, 11) is 0. The fraction of sp³-hybridized carbons (Fsp3) is 0.500. The molecule has 1 fully saturated rings. The third-order valence-electron chi connectivity index (χ3n) is 3.71. The number of rotatable bonds is 6. The second-order valence-corrected chi connectivity index (χ2v) is 5.62. The SMILES string of the molecule is O=C(CCCc1ccccc1)NC1CCN(CC(F)(F)F)C1=O. The molecule has 2 rings (SSSR count). The first-order valence-electron chi connectivity index (χ1n) is 7.54. The molecule has 1 atom stereocenters. The van der Waals surface area contributed by atoms with Crippen LogP contribution in [0.15, 0.2) is 30.3 Å². The second-order valence-electron chi connectivity index (χ2n) is 5.62. The van der Waals surface area contributed by atoms with Crippen LogP contribution in [0.5, 0.6) is 0 Å². The fourth-order valence-electron chi connectivity index (χ4n) is 2.61. The zero-order valence-corrected chi connectivity index (χ0v) is 12.6. The van der Waals surface area contributed by atoms with Crippen molar-refractivity contribution in [2.24, 2.45) is 0 Å². The molecular formula is C16H19F3N2O2. The Bertz CT molecular complexity index is 546. The van der Waals surface area contributed by atoms with Crippen molar-refractivity contribution in [1.82, 2.24) is 10.2 Å². The Kier molecular flexibility index (Phi) is 5.63. The molecule has 1 N–H and O–H groups in total. The lowest BCUT2D eigenvalue weighted by Gasteiger charge is -2.18. The molecule has 1 aromatic rings. The van der Waals surface area contributed by atoms with E-state index in [9.17, 15) is 22.8 Å². The van der Waals surface area contributed by atoms with Crippen LogP contribution in [0.2, 0.25) is 0 Å². The maximum absolute atomic E-state index is 12.3. The minimum absolute atomic E-state index is 0.0211. The van der Waals surface area contributed by atoms with E-state index in [2.05, 4.69) is 5.32 Å². The monoisotopic (exact) mass is 328 g/mol. The van der Waals surface area contributed by atoms with E-state index in [-0.39, 0.29) is 25.3 Å². The molecule has 2 amide bonds. The number of hydrogen-bond donors (Lipinski definition) is 1. The maximum atomic E-state index is 12.3. The van der Waals surface area contributed by atoms with Crippen molar-refractivity contribution in [1.29, 1.82) is 0 Å². The van der Waals surface area contributed by atoms with Crippen molar-refractivity contribution in [2.45, 2.75) is 37.9 Å². The number of carbonyl (C=O) groups is 2. The molecule has 0 aliphatic carbocycles. The number of alkyl halides is 3. The molecule has 7 heteroatoms. The second kappa shape index (κ2) is 7.48. The quantitative estimate of drug-likeness (QED) is 0.871. The fourth-order valence-corrected chi connectivity index (χ4v) is 2.61. The normalized spacial score (nSPS) is 18.3. The molecule has 0 bridgehead atoms. The van der Waals surface area contributed by atoms with Crippen LogP contribution < -0.4 is 5.32 Å². The van der Waals surface area contributed by atoms with Gasteiger partial charge in [0.1, 0.15) is 12.6 Å². The highest BCUT2D eigenvalue weighted by Crippen LogP contribution is 2.21. The number of benzene rings is 1. The number of amides is 2. The van der Waals surface area contributed by atoms with Crippen LogP contribution in [-0.2, 0) is 16.0 Å². The van der Waals surface area contributed by atoms with E-state index in [1.165, 1.54) is 0 Å². The number of halogens is 3. The van der Waals surface area contributed by atoms with Gasteiger partial charge in [0.25, 0.3) is 0 Å². The van der Waals surface area contributed by atoms with Crippen LogP contribution in [0.1, 0.15) is 24.8 Å². The lowest BCUT2D eigenvalue weighted by atomic mass is 10.1. The van der Waals surface area contributed by atoms with Crippen molar-refractivity contribution in [3.63, 3.8) is 0 Å². The minimum atomic E-state index is -4.41. The Morgan fingerprint density at radius 1 is 1.26 bits per heavy atom. The number of carbonyl (C=O) groups excluding carboxylic acids is 2. The molecule has 1 aromatic carbocycles. The number of likely N-dealkylation sites (tertiary alicyclic amines) is 1. The zero-order chi connectivity index (χ0) is 16.9. The van der Waals surface area contributed by atoms with Gasteiger partial charge in [-0.3, -0.25) is 9.59 Å². The van der Waals surface area contributed by atoms with Gasteiger partial charge in [-0.25, -0.2) is 0 Å². The van der Waals surface area contributed by atoms with Gasteiger partial charge in [0.05, 0.1) is 0 Å². The summed E-state index contributed by atoms with van der Waals surface area (Å²) in [6.45, 7) is -1.24. The molecule has 0 spiro atoms. The topological polar surface area (TPSA) is 49.4 Å². The Hall–Kier alpha value is -2.05. The third-order valence-corrected chi connectivity index (χ3v) is 3.71. The number of aryl methyl sites for hydroxylation is 1. The first-order chi connectivity index (χ1) is 10.8. The standard InChI is InChI=1S/C16H19F3N2O2/c17-16(18,19)11-21-10-9-13(15(21)23)20-14(22)8-4-7-12-5-2-1-3-6-12/h1-3,5-6,13H,4,7-11H2,(H,20,22). The number of nitrogens with zero attached hydrogens (tertiary/aromatic N) is 1. The average molecular weight is 328 g/mol. The lowest BCUT2D eigenvalue weighted by Crippen LogP contribution is -2.43. The smallest absolute Gasteiger partial charge is 0.344 e. The molecular weight excluding hydrogens is 309 g/mol. The molecule has 23 heavy (non-hydrogen) atoms. The predicted octanol–water partition coefficient (Wildman–Crippen LogP) is 2.29. The van der Waals surface area contributed by atoms with Crippen molar-refractivity contribution < 1.29 is 22.8 Å².